The zero-order chi connectivity index (χ0) is 14.9. The molecule has 0 aromatic heterocycles. The van der Waals surface area contributed by atoms with Crippen LogP contribution in [0.1, 0.15) is 24.0 Å². The fourth-order valence-corrected chi connectivity index (χ4v) is 1.97. The Balaban J connectivity index is 1.69. The first-order chi connectivity index (χ1) is 10.2. The number of ether oxygens (including phenoxy) is 1. The van der Waals surface area contributed by atoms with Crippen molar-refractivity contribution in [3.8, 4) is 0 Å². The van der Waals surface area contributed by atoms with Crippen molar-refractivity contribution in [3.05, 3.63) is 71.8 Å². The van der Waals surface area contributed by atoms with E-state index in [4.69, 9.17) is 4.74 Å². The first-order valence-corrected chi connectivity index (χ1v) is 6.99. The zero-order valence-corrected chi connectivity index (χ0v) is 11.8. The highest BCUT2D eigenvalue weighted by atomic mass is 16.5. The highest BCUT2D eigenvalue weighted by Crippen LogP contribution is 2.06. The van der Waals surface area contributed by atoms with E-state index in [1.54, 1.807) is 0 Å². The first kappa shape index (κ1) is 15.0. The van der Waals surface area contributed by atoms with Crippen LogP contribution in [0.3, 0.4) is 0 Å². The molecule has 0 heterocycles. The van der Waals surface area contributed by atoms with E-state index in [2.05, 4.69) is 0 Å². The number of ketones is 1. The monoisotopic (exact) mass is 282 g/mol. The molecule has 0 saturated carbocycles. The Morgan fingerprint density at radius 2 is 1.38 bits per heavy atom. The summed E-state index contributed by atoms with van der Waals surface area (Å²) in [4.78, 5) is 23.3. The second kappa shape index (κ2) is 8.00. The molecule has 0 amide bonds. The van der Waals surface area contributed by atoms with Crippen molar-refractivity contribution in [2.75, 3.05) is 0 Å². The fourth-order valence-electron chi connectivity index (χ4n) is 1.97. The van der Waals surface area contributed by atoms with Crippen LogP contribution < -0.4 is 0 Å². The lowest BCUT2D eigenvalue weighted by Crippen LogP contribution is -2.11. The van der Waals surface area contributed by atoms with Crippen molar-refractivity contribution in [1.29, 1.82) is 0 Å². The van der Waals surface area contributed by atoms with Crippen LogP contribution in [0.15, 0.2) is 60.7 Å². The average molecular weight is 282 g/mol. The molecule has 0 aliphatic heterocycles. The topological polar surface area (TPSA) is 43.4 Å². The minimum absolute atomic E-state index is 0.0862. The van der Waals surface area contributed by atoms with E-state index >= 15 is 0 Å². The summed E-state index contributed by atoms with van der Waals surface area (Å²) in [6, 6.07) is 19.2. The van der Waals surface area contributed by atoms with Gasteiger partial charge >= 0.3 is 5.97 Å². The van der Waals surface area contributed by atoms with Crippen molar-refractivity contribution in [1.82, 2.24) is 0 Å². The molecule has 0 atom stereocenters. The van der Waals surface area contributed by atoms with Gasteiger partial charge in [0, 0.05) is 6.42 Å². The summed E-state index contributed by atoms with van der Waals surface area (Å²) >= 11 is 0. The van der Waals surface area contributed by atoms with E-state index in [0.717, 1.165) is 11.1 Å². The van der Waals surface area contributed by atoms with Crippen LogP contribution in [0.5, 0.6) is 0 Å². The van der Waals surface area contributed by atoms with E-state index in [0.29, 0.717) is 12.8 Å². The van der Waals surface area contributed by atoms with Gasteiger partial charge in [-0.1, -0.05) is 60.7 Å². The minimum Gasteiger partial charge on any atom is -0.460 e. The van der Waals surface area contributed by atoms with Crippen LogP contribution in [0.4, 0.5) is 0 Å². The third-order valence-electron chi connectivity index (χ3n) is 3.12. The Morgan fingerprint density at radius 3 is 2.00 bits per heavy atom. The number of hydrogen-bond donors (Lipinski definition) is 0. The van der Waals surface area contributed by atoms with Crippen molar-refractivity contribution in [2.24, 2.45) is 0 Å². The predicted octanol–water partition coefficient (Wildman–Crippen LogP) is 3.32. The number of esters is 1. The molecule has 0 N–H and O–H groups in total. The Hall–Kier alpha value is -2.42. The third kappa shape index (κ3) is 5.61. The molecule has 0 radical (unpaired) electrons. The summed E-state index contributed by atoms with van der Waals surface area (Å²) in [7, 11) is 0. The molecule has 3 heteroatoms. The smallest absolute Gasteiger partial charge is 0.313 e. The SMILES string of the molecule is O=C(CCc1ccccc1)CC(=O)OCc1ccccc1. The Labute approximate surface area is 124 Å². The van der Waals surface area contributed by atoms with Gasteiger partial charge in [-0.25, -0.2) is 0 Å². The molecular weight excluding hydrogens is 264 g/mol. The summed E-state index contributed by atoms with van der Waals surface area (Å²) in [5.74, 6) is -0.547. The van der Waals surface area contributed by atoms with Crippen LogP contribution in [0.2, 0.25) is 0 Å². The third-order valence-corrected chi connectivity index (χ3v) is 3.12. The number of hydrogen-bond acceptors (Lipinski definition) is 3. The molecule has 0 fully saturated rings. The van der Waals surface area contributed by atoms with E-state index in [1.807, 2.05) is 60.7 Å². The van der Waals surface area contributed by atoms with Crippen molar-refractivity contribution < 1.29 is 14.3 Å². The molecule has 0 aliphatic carbocycles. The number of carbonyl (C=O) groups excluding carboxylic acids is 2. The second-order valence-corrected chi connectivity index (χ2v) is 4.85. The first-order valence-electron chi connectivity index (χ1n) is 6.99. The normalized spacial score (nSPS) is 10.1. The van der Waals surface area contributed by atoms with E-state index < -0.39 is 5.97 Å². The molecule has 0 spiro atoms. The highest BCUT2D eigenvalue weighted by molar-refractivity contribution is 5.95. The Kier molecular flexibility index (Phi) is 5.71. The zero-order valence-electron chi connectivity index (χ0n) is 11.8. The van der Waals surface area contributed by atoms with Gasteiger partial charge in [0.15, 0.2) is 0 Å². The summed E-state index contributed by atoms with van der Waals surface area (Å²) in [5, 5.41) is 0. The summed E-state index contributed by atoms with van der Waals surface area (Å²) in [5.41, 5.74) is 2.02. The number of Topliss-reactive ketones (excluding diaryl/α,β-unsaturated/α-hetero) is 1. The van der Waals surface area contributed by atoms with Gasteiger partial charge in [-0.3, -0.25) is 9.59 Å². The van der Waals surface area contributed by atoms with Crippen LogP contribution >= 0.6 is 0 Å². The molecule has 0 aliphatic rings. The van der Waals surface area contributed by atoms with E-state index in [-0.39, 0.29) is 18.8 Å². The molecule has 108 valence electrons. The van der Waals surface area contributed by atoms with Gasteiger partial charge in [0.2, 0.25) is 0 Å². The van der Waals surface area contributed by atoms with Gasteiger partial charge in [-0.15, -0.1) is 0 Å². The Morgan fingerprint density at radius 1 is 0.810 bits per heavy atom. The maximum Gasteiger partial charge on any atom is 0.313 e. The fraction of sp³-hybridized carbons (Fsp3) is 0.222. The van der Waals surface area contributed by atoms with Crippen molar-refractivity contribution >= 4 is 11.8 Å². The standard InChI is InChI=1S/C18H18O3/c19-17(12-11-15-7-3-1-4-8-15)13-18(20)21-14-16-9-5-2-6-10-16/h1-10H,11-14H2. The molecule has 0 saturated heterocycles. The molecule has 2 aromatic rings. The second-order valence-electron chi connectivity index (χ2n) is 4.85. The highest BCUT2D eigenvalue weighted by Gasteiger charge is 2.11. The molecule has 21 heavy (non-hydrogen) atoms. The van der Waals surface area contributed by atoms with E-state index in [1.165, 1.54) is 0 Å². The van der Waals surface area contributed by atoms with Gasteiger partial charge in [-0.05, 0) is 17.5 Å². The number of carbonyl (C=O) groups is 2. The molecule has 0 unspecified atom stereocenters. The van der Waals surface area contributed by atoms with Gasteiger partial charge in [0.25, 0.3) is 0 Å². The summed E-state index contributed by atoms with van der Waals surface area (Å²) in [6.45, 7) is 0.214. The quantitative estimate of drug-likeness (QED) is 0.578. The van der Waals surface area contributed by atoms with Crippen molar-refractivity contribution in [3.63, 3.8) is 0 Å². The van der Waals surface area contributed by atoms with Gasteiger partial charge < -0.3 is 4.74 Å². The maximum absolute atomic E-state index is 11.7. The van der Waals surface area contributed by atoms with Crippen LogP contribution in [0.25, 0.3) is 0 Å². The average Bonchev–Trinajstić information content (AvgIpc) is 2.53. The van der Waals surface area contributed by atoms with Crippen molar-refractivity contribution in [2.45, 2.75) is 25.9 Å². The Bertz CT molecular complexity index is 522. The molecule has 3 nitrogen and oxygen atoms in total. The predicted molar refractivity (Wildman–Crippen MR) is 80.6 cm³/mol. The lowest BCUT2D eigenvalue weighted by atomic mass is 10.1. The van der Waals surface area contributed by atoms with Crippen LogP contribution in [0, 0.1) is 0 Å². The lowest BCUT2D eigenvalue weighted by Gasteiger charge is -2.05. The molecule has 2 aromatic carbocycles. The molecule has 0 bridgehead atoms. The van der Waals surface area contributed by atoms with Gasteiger partial charge in [-0.2, -0.15) is 0 Å². The summed E-state index contributed by atoms with van der Waals surface area (Å²) < 4.78 is 5.09. The van der Waals surface area contributed by atoms with Crippen LogP contribution in [-0.2, 0) is 27.4 Å². The number of benzene rings is 2. The molecular formula is C18H18O3. The molecule has 2 rings (SSSR count). The lowest BCUT2D eigenvalue weighted by molar-refractivity contribution is -0.147. The largest absolute Gasteiger partial charge is 0.460 e. The van der Waals surface area contributed by atoms with Gasteiger partial charge in [0.1, 0.15) is 18.8 Å². The summed E-state index contributed by atoms with van der Waals surface area (Å²) in [6.07, 6.45) is 0.871. The van der Waals surface area contributed by atoms with Gasteiger partial charge in [0.05, 0.1) is 0 Å². The minimum atomic E-state index is -0.461. The van der Waals surface area contributed by atoms with E-state index in [9.17, 15) is 9.59 Å². The number of rotatable bonds is 7. The van der Waals surface area contributed by atoms with Crippen LogP contribution in [-0.4, -0.2) is 11.8 Å². The number of aryl methyl sites for hydroxylation is 1. The maximum atomic E-state index is 11.7.